The van der Waals surface area contributed by atoms with Gasteiger partial charge in [0, 0.05) is 25.3 Å². The molecule has 0 spiro atoms. The molecule has 0 radical (unpaired) electrons. The summed E-state index contributed by atoms with van der Waals surface area (Å²) in [6.07, 6.45) is 1.67. The van der Waals surface area contributed by atoms with E-state index < -0.39 is 0 Å². The minimum atomic E-state index is 0.812. The third-order valence-corrected chi connectivity index (χ3v) is 3.32. The third kappa shape index (κ3) is 3.23. The van der Waals surface area contributed by atoms with Crippen molar-refractivity contribution in [2.24, 2.45) is 10.2 Å². The molecule has 1 heterocycles. The predicted octanol–water partition coefficient (Wildman–Crippen LogP) is 5.43. The zero-order valence-electron chi connectivity index (χ0n) is 12.6. The smallest absolute Gasteiger partial charge is 0.133 e. The van der Waals surface area contributed by atoms with Crippen LogP contribution in [-0.2, 0) is 0 Å². The van der Waals surface area contributed by atoms with Gasteiger partial charge in [-0.15, -0.1) is 0 Å². The zero-order valence-corrected chi connectivity index (χ0v) is 12.6. The average molecular weight is 291 g/mol. The highest BCUT2D eigenvalue weighted by molar-refractivity contribution is 5.60. The molecule has 0 bridgehead atoms. The van der Waals surface area contributed by atoms with E-state index in [9.17, 15) is 0 Å². The molecule has 4 heteroatoms. The van der Waals surface area contributed by atoms with Crippen LogP contribution in [0.15, 0.2) is 81.6 Å². The monoisotopic (exact) mass is 291 g/mol. The summed E-state index contributed by atoms with van der Waals surface area (Å²) in [5, 5.41) is 8.51. The lowest BCUT2D eigenvalue weighted by molar-refractivity contribution is 0.582. The van der Waals surface area contributed by atoms with E-state index in [1.807, 2.05) is 79.7 Å². The Morgan fingerprint density at radius 1 is 0.773 bits per heavy atom. The summed E-state index contributed by atoms with van der Waals surface area (Å²) in [5.41, 5.74) is 3.81. The molecule has 0 amide bonds. The number of rotatable bonds is 4. The zero-order chi connectivity index (χ0) is 15.4. The lowest BCUT2D eigenvalue weighted by Gasteiger charge is -2.11. The molecule has 3 aromatic rings. The first kappa shape index (κ1) is 14.1. The lowest BCUT2D eigenvalue weighted by atomic mass is 10.1. The maximum atomic E-state index is 5.36. The number of azo groups is 1. The molecule has 0 atom stereocenters. The highest BCUT2D eigenvalue weighted by atomic mass is 16.3. The Labute approximate surface area is 129 Å². The van der Waals surface area contributed by atoms with Gasteiger partial charge in [-0.05, 0) is 60.7 Å². The predicted molar refractivity (Wildman–Crippen MR) is 89.1 cm³/mol. The van der Waals surface area contributed by atoms with E-state index in [2.05, 4.69) is 10.2 Å². The second-order valence-corrected chi connectivity index (χ2v) is 5.14. The molecule has 0 unspecified atom stereocenters. The third-order valence-electron chi connectivity index (χ3n) is 3.32. The van der Waals surface area contributed by atoms with Gasteiger partial charge in [0.15, 0.2) is 0 Å². The average Bonchev–Trinajstić information content (AvgIpc) is 3.08. The van der Waals surface area contributed by atoms with Crippen LogP contribution in [0.25, 0.3) is 11.3 Å². The van der Waals surface area contributed by atoms with Crippen LogP contribution < -0.4 is 4.90 Å². The normalized spacial score (nSPS) is 11.0. The van der Waals surface area contributed by atoms with Crippen LogP contribution in [0.4, 0.5) is 17.1 Å². The van der Waals surface area contributed by atoms with Crippen LogP contribution in [0, 0.1) is 0 Å². The van der Waals surface area contributed by atoms with Gasteiger partial charge in [0.1, 0.15) is 5.76 Å². The van der Waals surface area contributed by atoms with Gasteiger partial charge in [0.05, 0.1) is 17.6 Å². The minimum Gasteiger partial charge on any atom is -0.464 e. The van der Waals surface area contributed by atoms with Crippen molar-refractivity contribution < 1.29 is 4.42 Å². The second kappa shape index (κ2) is 6.26. The van der Waals surface area contributed by atoms with Gasteiger partial charge in [-0.2, -0.15) is 10.2 Å². The summed E-state index contributed by atoms with van der Waals surface area (Å²) in [4.78, 5) is 2.05. The molecule has 0 saturated heterocycles. The minimum absolute atomic E-state index is 0.812. The lowest BCUT2D eigenvalue weighted by Crippen LogP contribution is -2.07. The summed E-state index contributed by atoms with van der Waals surface area (Å²) in [6, 6.07) is 19.6. The van der Waals surface area contributed by atoms with Crippen molar-refractivity contribution >= 4 is 17.1 Å². The molecule has 0 aliphatic heterocycles. The summed E-state index contributed by atoms with van der Waals surface area (Å²) < 4.78 is 5.36. The molecule has 0 aliphatic rings. The molecular weight excluding hydrogens is 274 g/mol. The molecule has 1 aromatic heterocycles. The summed E-state index contributed by atoms with van der Waals surface area (Å²) >= 11 is 0. The number of benzene rings is 2. The van der Waals surface area contributed by atoms with Gasteiger partial charge in [0.25, 0.3) is 0 Å². The van der Waals surface area contributed by atoms with E-state index in [-0.39, 0.29) is 0 Å². The second-order valence-electron chi connectivity index (χ2n) is 5.14. The van der Waals surface area contributed by atoms with Crippen LogP contribution >= 0.6 is 0 Å². The molecule has 0 fully saturated rings. The molecule has 2 aromatic carbocycles. The fourth-order valence-electron chi connectivity index (χ4n) is 2.07. The molecular formula is C18H17N3O. The number of hydrogen-bond acceptors (Lipinski definition) is 4. The quantitative estimate of drug-likeness (QED) is 0.601. The van der Waals surface area contributed by atoms with E-state index in [1.54, 1.807) is 6.26 Å². The molecule has 0 aliphatic carbocycles. The highest BCUT2D eigenvalue weighted by Crippen LogP contribution is 2.25. The molecule has 3 rings (SSSR count). The van der Waals surface area contributed by atoms with Crippen molar-refractivity contribution in [3.8, 4) is 11.3 Å². The van der Waals surface area contributed by atoms with E-state index in [0.29, 0.717) is 0 Å². The first-order valence-corrected chi connectivity index (χ1v) is 7.05. The maximum Gasteiger partial charge on any atom is 0.133 e. The van der Waals surface area contributed by atoms with Crippen LogP contribution in [0.3, 0.4) is 0 Å². The fourth-order valence-corrected chi connectivity index (χ4v) is 2.07. The first-order valence-electron chi connectivity index (χ1n) is 7.05. The van der Waals surface area contributed by atoms with Gasteiger partial charge >= 0.3 is 0 Å². The van der Waals surface area contributed by atoms with Gasteiger partial charge in [0.2, 0.25) is 0 Å². The van der Waals surface area contributed by atoms with E-state index in [4.69, 9.17) is 4.42 Å². The van der Waals surface area contributed by atoms with Crippen LogP contribution in [0.5, 0.6) is 0 Å². The largest absolute Gasteiger partial charge is 0.464 e. The van der Waals surface area contributed by atoms with Gasteiger partial charge < -0.3 is 9.32 Å². The Morgan fingerprint density at radius 3 is 1.86 bits per heavy atom. The first-order chi connectivity index (χ1) is 10.7. The molecule has 0 N–H and O–H groups in total. The Morgan fingerprint density at radius 2 is 1.36 bits per heavy atom. The Bertz CT molecular complexity index is 742. The Hall–Kier alpha value is -2.88. The van der Waals surface area contributed by atoms with Gasteiger partial charge in [-0.25, -0.2) is 0 Å². The van der Waals surface area contributed by atoms with Crippen molar-refractivity contribution in [1.82, 2.24) is 0 Å². The van der Waals surface area contributed by atoms with Crippen molar-refractivity contribution in [1.29, 1.82) is 0 Å². The number of anilines is 1. The molecule has 22 heavy (non-hydrogen) atoms. The number of nitrogens with zero attached hydrogens (tertiary/aromatic N) is 3. The molecule has 0 saturated carbocycles. The van der Waals surface area contributed by atoms with Crippen LogP contribution in [-0.4, -0.2) is 14.1 Å². The van der Waals surface area contributed by atoms with Gasteiger partial charge in [-0.3, -0.25) is 0 Å². The van der Waals surface area contributed by atoms with E-state index in [0.717, 1.165) is 28.4 Å². The van der Waals surface area contributed by atoms with E-state index in [1.165, 1.54) is 0 Å². The van der Waals surface area contributed by atoms with Crippen LogP contribution in [0.1, 0.15) is 0 Å². The Balaban J connectivity index is 1.72. The number of hydrogen-bond donors (Lipinski definition) is 0. The van der Waals surface area contributed by atoms with Crippen molar-refractivity contribution in [3.63, 3.8) is 0 Å². The number of furan rings is 1. The van der Waals surface area contributed by atoms with Gasteiger partial charge in [-0.1, -0.05) is 0 Å². The van der Waals surface area contributed by atoms with Crippen molar-refractivity contribution in [2.75, 3.05) is 19.0 Å². The van der Waals surface area contributed by atoms with E-state index >= 15 is 0 Å². The summed E-state index contributed by atoms with van der Waals surface area (Å²) in [7, 11) is 4.02. The standard InChI is InChI=1S/C18H17N3O/c1-21(2)17-11-9-16(10-12-17)20-19-15-7-5-14(6-8-15)18-4-3-13-22-18/h3-13H,1-2H3. The summed E-state index contributed by atoms with van der Waals surface area (Å²) in [6.45, 7) is 0. The topological polar surface area (TPSA) is 41.1 Å². The molecule has 4 nitrogen and oxygen atoms in total. The molecule has 110 valence electrons. The van der Waals surface area contributed by atoms with Crippen LogP contribution in [0.2, 0.25) is 0 Å². The Kier molecular flexibility index (Phi) is 4.01. The maximum absolute atomic E-state index is 5.36. The summed E-state index contributed by atoms with van der Waals surface area (Å²) in [5.74, 6) is 0.850. The van der Waals surface area contributed by atoms with Crippen molar-refractivity contribution in [3.05, 3.63) is 66.9 Å². The fraction of sp³-hybridized carbons (Fsp3) is 0.111. The van der Waals surface area contributed by atoms with Crippen molar-refractivity contribution in [2.45, 2.75) is 0 Å². The highest BCUT2D eigenvalue weighted by Gasteiger charge is 2.00. The SMILES string of the molecule is CN(C)c1ccc(N=Nc2ccc(-c3ccco3)cc2)cc1.